The van der Waals surface area contributed by atoms with Gasteiger partial charge < -0.3 is 10.3 Å². The zero-order chi connectivity index (χ0) is 11.4. The number of hydrogen-bond donors (Lipinski definition) is 1. The third-order valence-electron chi connectivity index (χ3n) is 3.12. The standard InChI is InChI=1S/C11H20N4S/c1-2-15-10(8-12)13-14-11(15)16-9-6-4-3-5-7-9/h9H,2-8,12H2,1H3. The van der Waals surface area contributed by atoms with Crippen LogP contribution in [0.3, 0.4) is 0 Å². The lowest BCUT2D eigenvalue weighted by Crippen LogP contribution is -2.11. The van der Waals surface area contributed by atoms with Gasteiger partial charge >= 0.3 is 0 Å². The highest BCUT2D eigenvalue weighted by Crippen LogP contribution is 2.32. The Labute approximate surface area is 101 Å². The second-order valence-electron chi connectivity index (χ2n) is 4.23. The fourth-order valence-electron chi connectivity index (χ4n) is 2.21. The van der Waals surface area contributed by atoms with Crippen LogP contribution in [-0.4, -0.2) is 20.0 Å². The molecule has 0 atom stereocenters. The molecule has 2 rings (SSSR count). The van der Waals surface area contributed by atoms with Crippen molar-refractivity contribution < 1.29 is 0 Å². The number of aromatic nitrogens is 3. The fraction of sp³-hybridized carbons (Fsp3) is 0.818. The Hall–Kier alpha value is -0.550. The summed E-state index contributed by atoms with van der Waals surface area (Å²) in [5, 5.41) is 10.2. The molecule has 0 aliphatic heterocycles. The van der Waals surface area contributed by atoms with Gasteiger partial charge in [-0.15, -0.1) is 10.2 Å². The van der Waals surface area contributed by atoms with Gasteiger partial charge in [-0.25, -0.2) is 0 Å². The lowest BCUT2D eigenvalue weighted by atomic mass is 10.0. The van der Waals surface area contributed by atoms with Crippen molar-refractivity contribution in [3.63, 3.8) is 0 Å². The van der Waals surface area contributed by atoms with Crippen LogP contribution in [-0.2, 0) is 13.1 Å². The Morgan fingerprint density at radius 3 is 2.69 bits per heavy atom. The molecule has 1 aromatic rings. The van der Waals surface area contributed by atoms with Crippen LogP contribution in [0.25, 0.3) is 0 Å². The van der Waals surface area contributed by atoms with Crippen LogP contribution in [0.15, 0.2) is 5.16 Å². The van der Waals surface area contributed by atoms with Crippen molar-refractivity contribution in [1.29, 1.82) is 0 Å². The first-order valence-electron chi connectivity index (χ1n) is 6.14. The Morgan fingerprint density at radius 1 is 1.31 bits per heavy atom. The average molecular weight is 240 g/mol. The van der Waals surface area contributed by atoms with Crippen molar-refractivity contribution in [2.45, 2.75) is 62.5 Å². The van der Waals surface area contributed by atoms with Crippen molar-refractivity contribution in [3.05, 3.63) is 5.82 Å². The fourth-order valence-corrected chi connectivity index (χ4v) is 3.52. The Balaban J connectivity index is 2.05. The Morgan fingerprint density at radius 2 is 2.06 bits per heavy atom. The van der Waals surface area contributed by atoms with Crippen LogP contribution >= 0.6 is 11.8 Å². The minimum Gasteiger partial charge on any atom is -0.324 e. The van der Waals surface area contributed by atoms with E-state index in [2.05, 4.69) is 21.7 Å². The van der Waals surface area contributed by atoms with E-state index < -0.39 is 0 Å². The quantitative estimate of drug-likeness (QED) is 0.876. The summed E-state index contributed by atoms with van der Waals surface area (Å²) < 4.78 is 2.14. The summed E-state index contributed by atoms with van der Waals surface area (Å²) in [5.74, 6) is 0.904. The summed E-state index contributed by atoms with van der Waals surface area (Å²) in [7, 11) is 0. The zero-order valence-electron chi connectivity index (χ0n) is 9.85. The molecule has 0 amide bonds. The lowest BCUT2D eigenvalue weighted by Gasteiger charge is -2.20. The molecule has 4 nitrogen and oxygen atoms in total. The maximum atomic E-state index is 5.64. The van der Waals surface area contributed by atoms with Crippen LogP contribution in [0.1, 0.15) is 44.9 Å². The third kappa shape index (κ3) is 2.58. The molecule has 1 fully saturated rings. The maximum Gasteiger partial charge on any atom is 0.191 e. The van der Waals surface area contributed by atoms with Gasteiger partial charge in [-0.3, -0.25) is 0 Å². The van der Waals surface area contributed by atoms with E-state index >= 15 is 0 Å². The van der Waals surface area contributed by atoms with E-state index in [1.165, 1.54) is 32.1 Å². The van der Waals surface area contributed by atoms with Crippen molar-refractivity contribution in [2.24, 2.45) is 5.73 Å². The predicted molar refractivity (Wildman–Crippen MR) is 66.3 cm³/mol. The van der Waals surface area contributed by atoms with Crippen molar-refractivity contribution >= 4 is 11.8 Å². The van der Waals surface area contributed by atoms with Crippen molar-refractivity contribution in [2.75, 3.05) is 0 Å². The van der Waals surface area contributed by atoms with E-state index in [1.807, 2.05) is 11.8 Å². The highest BCUT2D eigenvalue weighted by Gasteiger charge is 2.18. The molecule has 0 aromatic carbocycles. The number of nitrogens with zero attached hydrogens (tertiary/aromatic N) is 3. The molecule has 0 saturated heterocycles. The van der Waals surface area contributed by atoms with Gasteiger partial charge in [0.15, 0.2) is 5.16 Å². The van der Waals surface area contributed by atoms with Crippen molar-refractivity contribution in [3.8, 4) is 0 Å². The third-order valence-corrected chi connectivity index (χ3v) is 4.43. The number of rotatable bonds is 4. The molecule has 1 saturated carbocycles. The summed E-state index contributed by atoms with van der Waals surface area (Å²) in [6, 6.07) is 0. The largest absolute Gasteiger partial charge is 0.324 e. The predicted octanol–water partition coefficient (Wildman–Crippen LogP) is 2.18. The highest BCUT2D eigenvalue weighted by atomic mass is 32.2. The number of hydrogen-bond acceptors (Lipinski definition) is 4. The average Bonchev–Trinajstić information content (AvgIpc) is 2.72. The molecule has 1 heterocycles. The van der Waals surface area contributed by atoms with E-state index in [-0.39, 0.29) is 0 Å². The van der Waals surface area contributed by atoms with Crippen LogP contribution < -0.4 is 5.73 Å². The number of nitrogens with two attached hydrogens (primary N) is 1. The first kappa shape index (κ1) is 11.9. The first-order valence-corrected chi connectivity index (χ1v) is 7.02. The van der Waals surface area contributed by atoms with Gasteiger partial charge in [0, 0.05) is 11.8 Å². The van der Waals surface area contributed by atoms with Gasteiger partial charge in [-0.1, -0.05) is 31.0 Å². The molecule has 2 N–H and O–H groups in total. The second-order valence-corrected chi connectivity index (χ2v) is 5.49. The summed E-state index contributed by atoms with van der Waals surface area (Å²) in [5.41, 5.74) is 5.64. The van der Waals surface area contributed by atoms with E-state index in [4.69, 9.17) is 5.73 Å². The molecule has 0 bridgehead atoms. The molecule has 1 aliphatic carbocycles. The van der Waals surface area contributed by atoms with Crippen LogP contribution in [0.2, 0.25) is 0 Å². The smallest absolute Gasteiger partial charge is 0.191 e. The molecule has 16 heavy (non-hydrogen) atoms. The Bertz CT molecular complexity index is 331. The van der Waals surface area contributed by atoms with Gasteiger partial charge in [0.25, 0.3) is 0 Å². The lowest BCUT2D eigenvalue weighted by molar-refractivity contribution is 0.513. The van der Waals surface area contributed by atoms with E-state index in [9.17, 15) is 0 Å². The van der Waals surface area contributed by atoms with E-state index in [0.29, 0.717) is 6.54 Å². The van der Waals surface area contributed by atoms with Crippen LogP contribution in [0, 0.1) is 0 Å². The summed E-state index contributed by atoms with van der Waals surface area (Å²) >= 11 is 1.89. The molecular weight excluding hydrogens is 220 g/mol. The minimum absolute atomic E-state index is 0.478. The van der Waals surface area contributed by atoms with Crippen molar-refractivity contribution in [1.82, 2.24) is 14.8 Å². The summed E-state index contributed by atoms with van der Waals surface area (Å²) in [4.78, 5) is 0. The topological polar surface area (TPSA) is 56.7 Å². The SMILES string of the molecule is CCn1c(CN)nnc1SC1CCCCC1. The molecule has 0 radical (unpaired) electrons. The molecule has 90 valence electrons. The van der Waals surface area contributed by atoms with Gasteiger partial charge in [0.2, 0.25) is 0 Å². The van der Waals surface area contributed by atoms with E-state index in [1.54, 1.807) is 0 Å². The second kappa shape index (κ2) is 5.68. The van der Waals surface area contributed by atoms with Crippen LogP contribution in [0.4, 0.5) is 0 Å². The maximum absolute atomic E-state index is 5.64. The normalized spacial score (nSPS) is 17.9. The molecule has 0 spiro atoms. The van der Waals surface area contributed by atoms with Gasteiger partial charge in [0.1, 0.15) is 5.82 Å². The molecule has 5 heteroatoms. The van der Waals surface area contributed by atoms with Gasteiger partial charge in [-0.05, 0) is 19.8 Å². The van der Waals surface area contributed by atoms with Gasteiger partial charge in [0.05, 0.1) is 6.54 Å². The Kier molecular flexibility index (Phi) is 4.23. The summed E-state index contributed by atoms with van der Waals surface area (Å²) in [6.07, 6.45) is 6.76. The molecule has 1 aromatic heterocycles. The number of thioether (sulfide) groups is 1. The first-order chi connectivity index (χ1) is 7.85. The van der Waals surface area contributed by atoms with E-state index in [0.717, 1.165) is 22.8 Å². The minimum atomic E-state index is 0.478. The highest BCUT2D eigenvalue weighted by molar-refractivity contribution is 7.99. The molecule has 0 unspecified atom stereocenters. The monoisotopic (exact) mass is 240 g/mol. The molecule has 1 aliphatic rings. The summed E-state index contributed by atoms with van der Waals surface area (Å²) in [6.45, 7) is 3.51. The van der Waals surface area contributed by atoms with Crippen LogP contribution in [0.5, 0.6) is 0 Å². The molecular formula is C11H20N4S. The zero-order valence-corrected chi connectivity index (χ0v) is 10.7. The van der Waals surface area contributed by atoms with Gasteiger partial charge in [-0.2, -0.15) is 0 Å².